The first-order valence-corrected chi connectivity index (χ1v) is 9.28. The van der Waals surface area contributed by atoms with Gasteiger partial charge in [-0.05, 0) is 18.2 Å². The lowest BCUT2D eigenvalue weighted by molar-refractivity contribution is -0.113. The summed E-state index contributed by atoms with van der Waals surface area (Å²) in [6, 6.07) is 10.3. The number of hydrogen-bond donors (Lipinski definition) is 2. The molecule has 142 valence electrons. The van der Waals surface area contributed by atoms with Crippen LogP contribution in [0.2, 0.25) is 0 Å². The summed E-state index contributed by atoms with van der Waals surface area (Å²) in [4.78, 5) is 32.3. The molecule has 0 atom stereocenters. The number of benzene rings is 2. The number of halogens is 2. The van der Waals surface area contributed by atoms with E-state index >= 15 is 0 Å². The van der Waals surface area contributed by atoms with E-state index in [2.05, 4.69) is 15.3 Å². The maximum atomic E-state index is 13.7. The molecule has 0 unspecified atom stereocenters. The molecule has 4 aromatic rings. The number of nitrogens with zero attached hydrogens (tertiary/aromatic N) is 2. The van der Waals surface area contributed by atoms with Gasteiger partial charge in [0.15, 0.2) is 5.16 Å². The summed E-state index contributed by atoms with van der Waals surface area (Å²) in [7, 11) is 1.57. The second-order valence-electron chi connectivity index (χ2n) is 6.11. The van der Waals surface area contributed by atoms with Crippen LogP contribution < -0.4 is 10.9 Å². The van der Waals surface area contributed by atoms with Crippen LogP contribution in [0, 0.1) is 11.6 Å². The fourth-order valence-electron chi connectivity index (χ4n) is 2.86. The highest BCUT2D eigenvalue weighted by Gasteiger charge is 2.15. The molecule has 6 nitrogen and oxygen atoms in total. The molecular weight excluding hydrogens is 386 g/mol. The van der Waals surface area contributed by atoms with Gasteiger partial charge in [-0.15, -0.1) is 0 Å². The monoisotopic (exact) mass is 400 g/mol. The number of H-pyrrole nitrogens is 1. The summed E-state index contributed by atoms with van der Waals surface area (Å²) in [5.41, 5.74) is 1.36. The van der Waals surface area contributed by atoms with Gasteiger partial charge in [0.25, 0.3) is 5.56 Å². The van der Waals surface area contributed by atoms with Crippen molar-refractivity contribution >= 4 is 45.3 Å². The Morgan fingerprint density at radius 2 is 2.04 bits per heavy atom. The molecule has 1 amide bonds. The lowest BCUT2D eigenvalue weighted by atomic mass is 10.2. The molecule has 0 saturated heterocycles. The van der Waals surface area contributed by atoms with Gasteiger partial charge in [0.05, 0.1) is 11.4 Å². The first-order chi connectivity index (χ1) is 13.4. The second-order valence-corrected chi connectivity index (χ2v) is 7.06. The fraction of sp³-hybridized carbons (Fsp3) is 0.105. The van der Waals surface area contributed by atoms with E-state index in [4.69, 9.17) is 0 Å². The summed E-state index contributed by atoms with van der Waals surface area (Å²) < 4.78 is 28.0. The Bertz CT molecular complexity index is 1280. The molecule has 0 aliphatic heterocycles. The van der Waals surface area contributed by atoms with Crippen LogP contribution >= 0.6 is 11.8 Å². The summed E-state index contributed by atoms with van der Waals surface area (Å²) in [6.07, 6.45) is 0. The lowest BCUT2D eigenvalue weighted by Gasteiger charge is -2.08. The van der Waals surface area contributed by atoms with Crippen LogP contribution in [0.5, 0.6) is 0 Å². The van der Waals surface area contributed by atoms with Gasteiger partial charge in [-0.1, -0.05) is 30.0 Å². The van der Waals surface area contributed by atoms with E-state index in [0.717, 1.165) is 34.8 Å². The molecule has 2 heterocycles. The standard InChI is InChI=1S/C19H14F2N4O2S/c1-25-18(27)17-16(11-4-2-3-5-13(11)23-17)24-19(25)28-9-15(26)22-14-7-6-10(20)8-12(14)21/h2-8,23H,9H2,1H3,(H,22,26). The minimum absolute atomic E-state index is 0.0923. The zero-order valence-electron chi connectivity index (χ0n) is 14.6. The normalized spacial score (nSPS) is 11.2. The smallest absolute Gasteiger partial charge is 0.278 e. The molecule has 0 bridgehead atoms. The summed E-state index contributed by atoms with van der Waals surface area (Å²) in [6.45, 7) is 0. The molecule has 0 aliphatic rings. The van der Waals surface area contributed by atoms with E-state index in [-0.39, 0.29) is 17.0 Å². The molecule has 0 fully saturated rings. The Morgan fingerprint density at radius 1 is 1.25 bits per heavy atom. The maximum absolute atomic E-state index is 13.7. The average Bonchev–Trinajstić information content (AvgIpc) is 3.04. The van der Waals surface area contributed by atoms with Gasteiger partial charge in [0, 0.05) is 24.0 Å². The van der Waals surface area contributed by atoms with Crippen LogP contribution in [0.4, 0.5) is 14.5 Å². The van der Waals surface area contributed by atoms with Crippen LogP contribution in [0.15, 0.2) is 52.4 Å². The number of thioether (sulfide) groups is 1. The minimum Gasteiger partial charge on any atom is -0.349 e. The molecule has 4 rings (SSSR count). The van der Waals surface area contributed by atoms with Crippen molar-refractivity contribution in [1.29, 1.82) is 0 Å². The summed E-state index contributed by atoms with van der Waals surface area (Å²) in [5.74, 6) is -2.17. The van der Waals surface area contributed by atoms with E-state index in [0.29, 0.717) is 22.3 Å². The SMILES string of the molecule is Cn1c(SCC(=O)Nc2ccc(F)cc2F)nc2c([nH]c3ccccc32)c1=O. The first kappa shape index (κ1) is 18.2. The molecule has 0 radical (unpaired) electrons. The third-order valence-corrected chi connectivity index (χ3v) is 5.26. The highest BCUT2D eigenvalue weighted by atomic mass is 32.2. The zero-order valence-corrected chi connectivity index (χ0v) is 15.4. The van der Waals surface area contributed by atoms with E-state index in [1.165, 1.54) is 4.57 Å². The number of carbonyl (C=O) groups is 1. The molecule has 9 heteroatoms. The van der Waals surface area contributed by atoms with Crippen molar-refractivity contribution in [3.05, 3.63) is 64.5 Å². The first-order valence-electron chi connectivity index (χ1n) is 8.29. The molecular formula is C19H14F2N4O2S. The Hall–Kier alpha value is -3.20. The summed E-state index contributed by atoms with van der Waals surface area (Å²) in [5, 5.41) is 3.55. The highest BCUT2D eigenvalue weighted by Crippen LogP contribution is 2.24. The molecule has 2 aromatic heterocycles. The number of carbonyl (C=O) groups excluding carboxylic acids is 1. The van der Waals surface area contributed by atoms with Crippen molar-refractivity contribution in [2.75, 3.05) is 11.1 Å². The number of para-hydroxylation sites is 1. The van der Waals surface area contributed by atoms with Gasteiger partial charge < -0.3 is 10.3 Å². The fourth-order valence-corrected chi connectivity index (χ4v) is 3.62. The van der Waals surface area contributed by atoms with Crippen molar-refractivity contribution in [2.24, 2.45) is 7.05 Å². The van der Waals surface area contributed by atoms with Crippen LogP contribution in [-0.4, -0.2) is 26.2 Å². The van der Waals surface area contributed by atoms with Gasteiger partial charge in [0.2, 0.25) is 5.91 Å². The Morgan fingerprint density at radius 3 is 2.82 bits per heavy atom. The summed E-state index contributed by atoms with van der Waals surface area (Å²) >= 11 is 1.05. The van der Waals surface area contributed by atoms with Crippen molar-refractivity contribution < 1.29 is 13.6 Å². The number of rotatable bonds is 4. The number of aromatic amines is 1. The van der Waals surface area contributed by atoms with E-state index < -0.39 is 17.5 Å². The van der Waals surface area contributed by atoms with Gasteiger partial charge in [-0.2, -0.15) is 0 Å². The van der Waals surface area contributed by atoms with Crippen molar-refractivity contribution in [1.82, 2.24) is 14.5 Å². The number of aromatic nitrogens is 3. The quantitative estimate of drug-likeness (QED) is 0.406. The van der Waals surface area contributed by atoms with Crippen molar-refractivity contribution in [2.45, 2.75) is 5.16 Å². The molecule has 28 heavy (non-hydrogen) atoms. The number of hydrogen-bond acceptors (Lipinski definition) is 4. The zero-order chi connectivity index (χ0) is 19.8. The van der Waals surface area contributed by atoms with Crippen LogP contribution in [0.25, 0.3) is 21.9 Å². The number of anilines is 1. The minimum atomic E-state index is -0.857. The van der Waals surface area contributed by atoms with Gasteiger partial charge in [-0.3, -0.25) is 14.2 Å². The van der Waals surface area contributed by atoms with Gasteiger partial charge >= 0.3 is 0 Å². The molecule has 0 spiro atoms. The van der Waals surface area contributed by atoms with Crippen molar-refractivity contribution in [3.8, 4) is 0 Å². The average molecular weight is 400 g/mol. The van der Waals surface area contributed by atoms with E-state index in [1.807, 2.05) is 24.3 Å². The van der Waals surface area contributed by atoms with Gasteiger partial charge in [-0.25, -0.2) is 13.8 Å². The molecule has 0 saturated carbocycles. The Labute approximate surface area is 161 Å². The van der Waals surface area contributed by atoms with E-state index in [1.54, 1.807) is 7.05 Å². The van der Waals surface area contributed by atoms with Gasteiger partial charge in [0.1, 0.15) is 22.7 Å². The number of nitrogens with one attached hydrogen (secondary N) is 2. The maximum Gasteiger partial charge on any atom is 0.278 e. The van der Waals surface area contributed by atoms with Crippen LogP contribution in [-0.2, 0) is 11.8 Å². The van der Waals surface area contributed by atoms with Crippen LogP contribution in [0.3, 0.4) is 0 Å². The third kappa shape index (κ3) is 3.24. The highest BCUT2D eigenvalue weighted by molar-refractivity contribution is 7.99. The lowest BCUT2D eigenvalue weighted by Crippen LogP contribution is -2.21. The largest absolute Gasteiger partial charge is 0.349 e. The second kappa shape index (κ2) is 7.08. The predicted molar refractivity (Wildman–Crippen MR) is 105 cm³/mol. The van der Waals surface area contributed by atoms with Crippen molar-refractivity contribution in [3.63, 3.8) is 0 Å². The van der Waals surface area contributed by atoms with Crippen LogP contribution in [0.1, 0.15) is 0 Å². The van der Waals surface area contributed by atoms with E-state index in [9.17, 15) is 18.4 Å². The Kier molecular flexibility index (Phi) is 4.60. The predicted octanol–water partition coefficient (Wildman–Crippen LogP) is 3.42. The third-order valence-electron chi connectivity index (χ3n) is 4.23. The topological polar surface area (TPSA) is 79.8 Å². The molecule has 2 aromatic carbocycles. The number of amides is 1. The molecule has 2 N–H and O–H groups in total. The molecule has 0 aliphatic carbocycles. The number of fused-ring (bicyclic) bond motifs is 3. The Balaban J connectivity index is 1.59.